The van der Waals surface area contributed by atoms with Gasteiger partial charge in [-0.3, -0.25) is 0 Å². The summed E-state index contributed by atoms with van der Waals surface area (Å²) in [4.78, 5) is 0. The maximum atomic E-state index is 13.2. The number of benzene rings is 3. The standard InChI is InChI=1S/C13H9.C10H15.C8H5F3.2ClH.Zr/c1-3-7-12-10(5-1)9-11-6-2-4-8-13(11)12;1-7(2)10-6-8(3)5-9(10)4;1-6-2-4-7(5-3-6)8(9,10)11;;;/h1-5,7-8H,9H2;6-8H,1-4H3;1-5H;2*1H;/q;;;;;+2/p-2. The van der Waals surface area contributed by atoms with Crippen LogP contribution in [0, 0.1) is 11.8 Å². The second-order valence-electron chi connectivity index (χ2n) is 9.95. The molecule has 0 nitrogen and oxygen atoms in total. The third-order valence-electron chi connectivity index (χ3n) is 7.32. The van der Waals surface area contributed by atoms with Gasteiger partial charge >= 0.3 is 214 Å². The molecule has 0 radical (unpaired) electrons. The fraction of sp³-hybridized carbons (Fsp3) is 0.258. The Kier molecular flexibility index (Phi) is 9.32. The van der Waals surface area contributed by atoms with Crippen molar-refractivity contribution in [3.63, 3.8) is 0 Å². The summed E-state index contributed by atoms with van der Waals surface area (Å²) in [6.45, 7) is 9.02. The molecule has 0 fully saturated rings. The largest absolute Gasteiger partial charge is 1.00 e. The summed E-state index contributed by atoms with van der Waals surface area (Å²) in [5, 5.41) is 0. The summed E-state index contributed by atoms with van der Waals surface area (Å²) in [6, 6.07) is 21.0. The van der Waals surface area contributed by atoms with Crippen molar-refractivity contribution in [1.29, 1.82) is 0 Å². The Labute approximate surface area is 237 Å². The quantitative estimate of drug-likeness (QED) is 0.327. The molecule has 0 bridgehead atoms. The minimum atomic E-state index is -4.32. The third kappa shape index (κ3) is 5.68. The second kappa shape index (κ2) is 11.6. The first-order valence-corrected chi connectivity index (χ1v) is 16.1. The predicted molar refractivity (Wildman–Crippen MR) is 136 cm³/mol. The van der Waals surface area contributed by atoms with Crippen LogP contribution in [0.1, 0.15) is 49.9 Å². The molecule has 192 valence electrons. The van der Waals surface area contributed by atoms with Crippen molar-refractivity contribution in [2.45, 2.75) is 40.3 Å². The Hall–Kier alpha value is -1.74. The van der Waals surface area contributed by atoms with Gasteiger partial charge in [-0.05, 0) is 0 Å². The van der Waals surface area contributed by atoms with E-state index in [1.165, 1.54) is 48.8 Å². The molecule has 37 heavy (non-hydrogen) atoms. The average Bonchev–Trinajstić information content (AvgIpc) is 3.34. The number of halogens is 5. The predicted octanol–water partition coefficient (Wildman–Crippen LogP) is 1.88. The molecular formula is C31H29Cl2F3Zr. The van der Waals surface area contributed by atoms with Gasteiger partial charge in [-0.2, -0.15) is 0 Å². The number of hydrogen-bond acceptors (Lipinski definition) is 0. The van der Waals surface area contributed by atoms with Crippen LogP contribution in [0.25, 0.3) is 11.1 Å². The molecule has 1 unspecified atom stereocenters. The second-order valence-corrected chi connectivity index (χ2v) is 15.3. The Morgan fingerprint density at radius 2 is 1.54 bits per heavy atom. The molecular weight excluding hydrogens is 591 g/mol. The zero-order valence-corrected chi connectivity index (χ0v) is 25.2. The van der Waals surface area contributed by atoms with Crippen molar-refractivity contribution < 1.29 is 59.3 Å². The van der Waals surface area contributed by atoms with E-state index in [9.17, 15) is 13.2 Å². The van der Waals surface area contributed by atoms with Gasteiger partial charge < -0.3 is 24.8 Å². The normalized spacial score (nSPS) is 16.2. The molecule has 0 aliphatic heterocycles. The van der Waals surface area contributed by atoms with Crippen LogP contribution in [0.15, 0.2) is 87.2 Å². The molecule has 0 aromatic heterocycles. The molecule has 5 rings (SSSR count). The maximum absolute atomic E-state index is 13.2. The first kappa shape index (κ1) is 29.8. The van der Waals surface area contributed by atoms with E-state index in [0.29, 0.717) is 11.8 Å². The summed E-state index contributed by atoms with van der Waals surface area (Å²) >= 11 is -2.65. The van der Waals surface area contributed by atoms with E-state index in [0.717, 1.165) is 12.0 Å². The van der Waals surface area contributed by atoms with E-state index in [4.69, 9.17) is 0 Å². The molecule has 0 saturated carbocycles. The zero-order valence-electron chi connectivity index (χ0n) is 21.3. The summed E-state index contributed by atoms with van der Waals surface area (Å²) in [5.41, 5.74) is 8.52. The molecule has 0 amide bonds. The number of allylic oxidation sites excluding steroid dienone is 4. The van der Waals surface area contributed by atoms with Crippen molar-refractivity contribution >= 4 is 6.98 Å². The van der Waals surface area contributed by atoms with Crippen LogP contribution in [0.2, 0.25) is 0 Å². The molecule has 0 spiro atoms. The Morgan fingerprint density at radius 1 is 0.892 bits per heavy atom. The van der Waals surface area contributed by atoms with Crippen LogP contribution >= 0.6 is 0 Å². The van der Waals surface area contributed by atoms with Crippen molar-refractivity contribution in [3.05, 3.63) is 109 Å². The van der Waals surface area contributed by atoms with Crippen molar-refractivity contribution in [3.8, 4) is 11.1 Å². The van der Waals surface area contributed by atoms with Gasteiger partial charge in [0.05, 0.1) is 0 Å². The first-order valence-electron chi connectivity index (χ1n) is 12.2. The van der Waals surface area contributed by atoms with Gasteiger partial charge in [-0.25, -0.2) is 0 Å². The van der Waals surface area contributed by atoms with Crippen molar-refractivity contribution in [2.75, 3.05) is 0 Å². The van der Waals surface area contributed by atoms with E-state index in [1.54, 1.807) is 15.4 Å². The third-order valence-corrected chi connectivity index (χ3v) is 14.9. The van der Waals surface area contributed by atoms with Crippen LogP contribution < -0.4 is 28.1 Å². The van der Waals surface area contributed by atoms with Gasteiger partial charge in [0.15, 0.2) is 0 Å². The summed E-state index contributed by atoms with van der Waals surface area (Å²) in [7, 11) is 0. The van der Waals surface area contributed by atoms with Crippen LogP contribution in [0.5, 0.6) is 0 Å². The van der Waals surface area contributed by atoms with E-state index < -0.39 is 33.0 Å². The van der Waals surface area contributed by atoms with E-state index >= 15 is 0 Å². The smallest absolute Gasteiger partial charge is 1.00 e. The van der Waals surface area contributed by atoms with Gasteiger partial charge in [0.25, 0.3) is 0 Å². The topological polar surface area (TPSA) is 0 Å². The summed E-state index contributed by atoms with van der Waals surface area (Å²) in [6.07, 6.45) is -0.979. The van der Waals surface area contributed by atoms with Gasteiger partial charge in [-0.15, -0.1) is 0 Å². The number of rotatable bonds is 4. The van der Waals surface area contributed by atoms with E-state index in [1.807, 2.05) is 0 Å². The monoisotopic (exact) mass is 618 g/mol. The molecule has 2 aliphatic rings. The first-order chi connectivity index (χ1) is 16.6. The molecule has 0 N–H and O–H groups in total. The fourth-order valence-corrected chi connectivity index (χ4v) is 13.2. The average molecular weight is 621 g/mol. The number of fused-ring (bicyclic) bond motifs is 3. The van der Waals surface area contributed by atoms with E-state index in [-0.39, 0.29) is 24.8 Å². The molecule has 1 atom stereocenters. The summed E-state index contributed by atoms with van der Waals surface area (Å²) < 4.78 is 44.9. The Bertz CT molecular complexity index is 1400. The van der Waals surface area contributed by atoms with Crippen LogP contribution in [-0.2, 0) is 33.9 Å². The van der Waals surface area contributed by atoms with Gasteiger partial charge in [-0.1, -0.05) is 0 Å². The minimum absolute atomic E-state index is 0. The van der Waals surface area contributed by atoms with E-state index in [2.05, 4.69) is 79.9 Å². The SMILES string of the molecule is CC1=[C](/[Zr+2](=[CH]/c2ccc(C(F)(F)F)cc2)[c]2cccc3c2Cc2ccccc2-3)C(C)C=C1C(C)C.[Cl-].[Cl-]. The summed E-state index contributed by atoms with van der Waals surface area (Å²) in [5.74, 6) is 0.809. The molecule has 0 saturated heterocycles. The fourth-order valence-electron chi connectivity index (χ4n) is 5.69. The Morgan fingerprint density at radius 3 is 2.16 bits per heavy atom. The molecule has 6 heteroatoms. The zero-order chi connectivity index (χ0) is 24.9. The molecule has 3 aromatic carbocycles. The molecule has 2 aliphatic carbocycles. The number of alkyl halides is 3. The van der Waals surface area contributed by atoms with Crippen molar-refractivity contribution in [1.82, 2.24) is 0 Å². The van der Waals surface area contributed by atoms with Crippen molar-refractivity contribution in [2.24, 2.45) is 11.8 Å². The minimum Gasteiger partial charge on any atom is -1.00 e. The Balaban J connectivity index is 0.00000190. The van der Waals surface area contributed by atoms with Crippen LogP contribution in [-0.4, -0.2) is 3.71 Å². The molecule has 3 aromatic rings. The number of hydrogen-bond donors (Lipinski definition) is 0. The van der Waals surface area contributed by atoms with Crippen LogP contribution in [0.3, 0.4) is 0 Å². The van der Waals surface area contributed by atoms with Gasteiger partial charge in [0, 0.05) is 0 Å². The molecule has 0 heterocycles. The van der Waals surface area contributed by atoms with Gasteiger partial charge in [0.1, 0.15) is 0 Å². The van der Waals surface area contributed by atoms with Gasteiger partial charge in [0.2, 0.25) is 0 Å². The maximum Gasteiger partial charge on any atom is -1.00 e. The van der Waals surface area contributed by atoms with Crippen LogP contribution in [0.4, 0.5) is 13.2 Å².